The second-order valence-corrected chi connectivity index (χ2v) is 11.1. The van der Waals surface area contributed by atoms with E-state index in [1.165, 1.54) is 23.3 Å². The van der Waals surface area contributed by atoms with Crippen molar-refractivity contribution < 1.29 is 18.0 Å². The number of halogens is 3. The molecule has 9 heteroatoms. The Morgan fingerprint density at radius 2 is 1.60 bits per heavy atom. The summed E-state index contributed by atoms with van der Waals surface area (Å²) < 4.78 is 39.6. The van der Waals surface area contributed by atoms with Gasteiger partial charge in [-0.3, -0.25) is 14.7 Å². The second kappa shape index (κ2) is 11.2. The summed E-state index contributed by atoms with van der Waals surface area (Å²) in [6.07, 6.45) is 1.94. The molecule has 3 aromatic rings. The molecular weight excluding hydrogens is 515 g/mol. The second-order valence-electron chi connectivity index (χ2n) is 11.1. The number of piperazine rings is 1. The van der Waals surface area contributed by atoms with E-state index >= 15 is 0 Å². The van der Waals surface area contributed by atoms with Crippen LogP contribution in [-0.4, -0.2) is 71.5 Å². The smallest absolute Gasteiger partial charge is 0.368 e. The Morgan fingerprint density at radius 3 is 2.27 bits per heavy atom. The van der Waals surface area contributed by atoms with E-state index in [-0.39, 0.29) is 18.0 Å². The number of carbonyl (C=O) groups is 1. The van der Waals surface area contributed by atoms with Gasteiger partial charge >= 0.3 is 6.18 Å². The van der Waals surface area contributed by atoms with E-state index in [1.807, 2.05) is 21.9 Å². The average molecular weight is 550 g/mol. The summed E-state index contributed by atoms with van der Waals surface area (Å²) >= 11 is 0. The van der Waals surface area contributed by atoms with Crippen LogP contribution in [0.3, 0.4) is 0 Å². The fraction of sp³-hybridized carbons (Fsp3) is 0.419. The Balaban J connectivity index is 1.11. The molecule has 3 heterocycles. The highest BCUT2D eigenvalue weighted by molar-refractivity contribution is 5.82. The fourth-order valence-electron chi connectivity index (χ4n) is 6.46. The monoisotopic (exact) mass is 549 g/mol. The van der Waals surface area contributed by atoms with Crippen LogP contribution in [0.25, 0.3) is 0 Å². The van der Waals surface area contributed by atoms with Crippen LogP contribution in [-0.2, 0) is 30.4 Å². The van der Waals surface area contributed by atoms with Crippen LogP contribution < -0.4 is 10.2 Å². The van der Waals surface area contributed by atoms with Gasteiger partial charge in [-0.15, -0.1) is 0 Å². The molecule has 0 bridgehead atoms. The molecule has 3 aliphatic rings. The Morgan fingerprint density at radius 1 is 0.900 bits per heavy atom. The Bertz CT molecular complexity index is 1300. The van der Waals surface area contributed by atoms with Crippen LogP contribution in [0.5, 0.6) is 0 Å². The lowest BCUT2D eigenvalue weighted by atomic mass is 10.1. The van der Waals surface area contributed by atoms with Crippen molar-refractivity contribution in [2.75, 3.05) is 37.6 Å². The molecule has 210 valence electrons. The molecule has 6 nitrogen and oxygen atoms in total. The van der Waals surface area contributed by atoms with Crippen LogP contribution in [0.4, 0.5) is 18.9 Å². The number of aromatic nitrogens is 1. The lowest BCUT2D eigenvalue weighted by molar-refractivity contribution is -0.137. The van der Waals surface area contributed by atoms with Gasteiger partial charge in [-0.1, -0.05) is 30.3 Å². The standard InChI is InChI=1S/C31H34F3N5O/c32-31(33,34)25-6-3-7-28(18-25)37-12-14-38(15-13-37)30(40)29-19-27(21-39(29)20-22-8-10-35-11-9-22)36-26-16-23-4-1-2-5-24(23)17-26/h1-11,18,26-27,29,36H,12-17,19-21H2/t27-,29-/m0/s1. The van der Waals surface area contributed by atoms with Gasteiger partial charge in [-0.2, -0.15) is 13.2 Å². The predicted octanol–water partition coefficient (Wildman–Crippen LogP) is 4.15. The number of anilines is 1. The number of carbonyl (C=O) groups excluding carboxylic acids is 1. The van der Waals surface area contributed by atoms with Gasteiger partial charge in [0.15, 0.2) is 0 Å². The van der Waals surface area contributed by atoms with Crippen molar-refractivity contribution in [1.29, 1.82) is 0 Å². The normalized spacial score (nSPS) is 22.1. The van der Waals surface area contributed by atoms with Gasteiger partial charge in [0.2, 0.25) is 5.91 Å². The maximum atomic E-state index is 13.9. The summed E-state index contributed by atoms with van der Waals surface area (Å²) in [5.41, 5.74) is 3.82. The number of likely N-dealkylation sites (tertiary alicyclic amines) is 1. The molecule has 1 aromatic heterocycles. The number of rotatable bonds is 6. The number of pyridine rings is 1. The topological polar surface area (TPSA) is 51.7 Å². The van der Waals surface area contributed by atoms with Gasteiger partial charge in [0.25, 0.3) is 0 Å². The molecule has 1 aliphatic carbocycles. The molecule has 0 unspecified atom stereocenters. The van der Waals surface area contributed by atoms with Gasteiger partial charge in [0, 0.05) is 69.4 Å². The average Bonchev–Trinajstić information content (AvgIpc) is 3.56. The first-order valence-corrected chi connectivity index (χ1v) is 14.0. The molecule has 2 atom stereocenters. The van der Waals surface area contributed by atoms with Gasteiger partial charge < -0.3 is 15.1 Å². The fourth-order valence-corrected chi connectivity index (χ4v) is 6.46. The third-order valence-electron chi connectivity index (χ3n) is 8.48. The quantitative estimate of drug-likeness (QED) is 0.501. The summed E-state index contributed by atoms with van der Waals surface area (Å²) in [6.45, 7) is 3.45. The van der Waals surface area contributed by atoms with Crippen LogP contribution in [0.2, 0.25) is 0 Å². The molecule has 0 radical (unpaired) electrons. The Labute approximate surface area is 232 Å². The van der Waals surface area contributed by atoms with Crippen molar-refractivity contribution in [2.24, 2.45) is 0 Å². The number of alkyl halides is 3. The maximum Gasteiger partial charge on any atom is 0.416 e. The third-order valence-corrected chi connectivity index (χ3v) is 8.48. The summed E-state index contributed by atoms with van der Waals surface area (Å²) in [5.74, 6) is 0.108. The predicted molar refractivity (Wildman–Crippen MR) is 148 cm³/mol. The van der Waals surface area contributed by atoms with Crippen molar-refractivity contribution in [3.05, 3.63) is 95.3 Å². The van der Waals surface area contributed by atoms with Gasteiger partial charge in [-0.25, -0.2) is 0 Å². The summed E-state index contributed by atoms with van der Waals surface area (Å²) in [4.78, 5) is 24.1. The van der Waals surface area contributed by atoms with Crippen LogP contribution in [0.15, 0.2) is 73.1 Å². The largest absolute Gasteiger partial charge is 0.416 e. The van der Waals surface area contributed by atoms with Crippen molar-refractivity contribution in [3.63, 3.8) is 0 Å². The zero-order valence-electron chi connectivity index (χ0n) is 22.4. The van der Waals surface area contributed by atoms with Crippen molar-refractivity contribution >= 4 is 11.6 Å². The van der Waals surface area contributed by atoms with Crippen LogP contribution in [0, 0.1) is 0 Å². The maximum absolute atomic E-state index is 13.9. The van der Waals surface area contributed by atoms with E-state index < -0.39 is 11.7 Å². The molecule has 6 rings (SSSR count). The first-order chi connectivity index (χ1) is 19.3. The first-order valence-electron chi connectivity index (χ1n) is 14.0. The summed E-state index contributed by atoms with van der Waals surface area (Å²) in [5, 5.41) is 3.85. The highest BCUT2D eigenvalue weighted by atomic mass is 19.4. The Kier molecular flexibility index (Phi) is 7.51. The lowest BCUT2D eigenvalue weighted by Crippen LogP contribution is -2.53. The zero-order valence-corrected chi connectivity index (χ0v) is 22.4. The molecule has 1 N–H and O–H groups in total. The number of fused-ring (bicyclic) bond motifs is 1. The van der Waals surface area contributed by atoms with E-state index in [2.05, 4.69) is 39.5 Å². The van der Waals surface area contributed by atoms with E-state index in [4.69, 9.17) is 0 Å². The molecule has 0 saturated carbocycles. The van der Waals surface area contributed by atoms with E-state index in [0.29, 0.717) is 44.5 Å². The number of hydrogen-bond acceptors (Lipinski definition) is 5. The lowest BCUT2D eigenvalue weighted by Gasteiger charge is -2.38. The molecule has 2 saturated heterocycles. The summed E-state index contributed by atoms with van der Waals surface area (Å²) in [7, 11) is 0. The van der Waals surface area contributed by atoms with E-state index in [0.717, 1.165) is 37.4 Å². The van der Waals surface area contributed by atoms with E-state index in [1.54, 1.807) is 18.5 Å². The number of nitrogens with one attached hydrogen (secondary N) is 1. The van der Waals surface area contributed by atoms with Gasteiger partial charge in [0.05, 0.1) is 11.6 Å². The highest BCUT2D eigenvalue weighted by Crippen LogP contribution is 2.32. The minimum absolute atomic E-state index is 0.108. The molecule has 0 spiro atoms. The number of nitrogens with zero attached hydrogens (tertiary/aromatic N) is 4. The van der Waals surface area contributed by atoms with Crippen LogP contribution in [0.1, 0.15) is 28.7 Å². The van der Waals surface area contributed by atoms with E-state index in [9.17, 15) is 18.0 Å². The number of benzene rings is 2. The number of hydrogen-bond donors (Lipinski definition) is 1. The van der Waals surface area contributed by atoms with Crippen molar-refractivity contribution in [2.45, 2.75) is 50.1 Å². The van der Waals surface area contributed by atoms with Crippen LogP contribution >= 0.6 is 0 Å². The SMILES string of the molecule is O=C([C@@H]1C[C@H](NC2Cc3ccccc3C2)CN1Cc1ccncc1)N1CCN(c2cccc(C(F)(F)F)c2)CC1. The number of amides is 1. The molecule has 2 aliphatic heterocycles. The molecule has 40 heavy (non-hydrogen) atoms. The molecular formula is C31H34F3N5O. The third kappa shape index (κ3) is 5.86. The zero-order chi connectivity index (χ0) is 27.7. The van der Waals surface area contributed by atoms with Gasteiger partial charge in [0.1, 0.15) is 0 Å². The first kappa shape index (κ1) is 26.8. The molecule has 1 amide bonds. The molecule has 2 fully saturated rings. The summed E-state index contributed by atoms with van der Waals surface area (Å²) in [6, 6.07) is 18.3. The Hall–Kier alpha value is -3.43. The van der Waals surface area contributed by atoms with Gasteiger partial charge in [-0.05, 0) is 66.3 Å². The minimum atomic E-state index is -4.37. The highest BCUT2D eigenvalue weighted by Gasteiger charge is 2.40. The van der Waals surface area contributed by atoms with Crippen molar-refractivity contribution in [3.8, 4) is 0 Å². The molecule has 2 aromatic carbocycles. The minimum Gasteiger partial charge on any atom is -0.368 e. The van der Waals surface area contributed by atoms with Crippen molar-refractivity contribution in [1.82, 2.24) is 20.1 Å².